The number of aliphatic carboxylic acids is 1. The number of anilines is 1. The van der Waals surface area contributed by atoms with Crippen molar-refractivity contribution in [1.29, 1.82) is 0 Å². The standard InChI is InChI=1S/C27H35FN2O5/c1-2-34-25(26(31)32)18-20-8-14-24(15-9-20)35-17-16-30(19-21-6-4-3-5-7-21)27(33)29-23-12-10-22(28)11-13-23/h8-15,21,25H,2-7,16-19H2,1H3,(H,29,33)(H,31,32). The molecule has 0 aliphatic heterocycles. The SMILES string of the molecule is CCOC(Cc1ccc(OCCN(CC2CCCCC2)C(=O)Nc2ccc(F)cc2)cc1)C(=O)O. The van der Waals surface area contributed by atoms with E-state index in [9.17, 15) is 19.1 Å². The van der Waals surface area contributed by atoms with Crippen LogP contribution in [0.3, 0.4) is 0 Å². The van der Waals surface area contributed by atoms with Gasteiger partial charge in [0.25, 0.3) is 0 Å². The minimum Gasteiger partial charge on any atom is -0.492 e. The van der Waals surface area contributed by atoms with Gasteiger partial charge in [-0.25, -0.2) is 14.0 Å². The molecule has 8 heteroatoms. The summed E-state index contributed by atoms with van der Waals surface area (Å²) >= 11 is 0. The Labute approximate surface area is 206 Å². The van der Waals surface area contributed by atoms with E-state index in [-0.39, 0.29) is 18.3 Å². The Morgan fingerprint density at radius 2 is 1.77 bits per heavy atom. The van der Waals surface area contributed by atoms with Crippen molar-refractivity contribution in [2.24, 2.45) is 5.92 Å². The number of amides is 2. The van der Waals surface area contributed by atoms with Crippen LogP contribution >= 0.6 is 0 Å². The molecule has 3 rings (SSSR count). The van der Waals surface area contributed by atoms with Crippen LogP contribution < -0.4 is 10.1 Å². The molecule has 1 unspecified atom stereocenters. The highest BCUT2D eigenvalue weighted by atomic mass is 19.1. The van der Waals surface area contributed by atoms with Crippen molar-refractivity contribution in [2.45, 2.75) is 51.6 Å². The summed E-state index contributed by atoms with van der Waals surface area (Å²) in [6.45, 7) is 3.49. The summed E-state index contributed by atoms with van der Waals surface area (Å²) in [5, 5.41) is 12.1. The van der Waals surface area contributed by atoms with E-state index in [1.165, 1.54) is 31.4 Å². The van der Waals surface area contributed by atoms with Gasteiger partial charge < -0.3 is 24.8 Å². The number of halogens is 1. The highest BCUT2D eigenvalue weighted by Gasteiger charge is 2.21. The fourth-order valence-corrected chi connectivity index (χ4v) is 4.32. The Morgan fingerprint density at radius 1 is 1.09 bits per heavy atom. The van der Waals surface area contributed by atoms with Crippen molar-refractivity contribution >= 4 is 17.7 Å². The minimum atomic E-state index is -0.982. The van der Waals surface area contributed by atoms with Crippen LogP contribution in [0.25, 0.3) is 0 Å². The molecule has 0 saturated heterocycles. The first-order chi connectivity index (χ1) is 16.9. The van der Waals surface area contributed by atoms with Crippen LogP contribution in [-0.4, -0.2) is 54.4 Å². The number of carbonyl (C=O) groups excluding carboxylic acids is 1. The highest BCUT2D eigenvalue weighted by Crippen LogP contribution is 2.25. The zero-order chi connectivity index (χ0) is 25.0. The lowest BCUT2D eigenvalue weighted by molar-refractivity contribution is -0.149. The van der Waals surface area contributed by atoms with E-state index in [2.05, 4.69) is 5.32 Å². The molecule has 1 aliphatic rings. The second-order valence-electron chi connectivity index (χ2n) is 8.87. The lowest BCUT2D eigenvalue weighted by Crippen LogP contribution is -2.41. The number of benzene rings is 2. The normalized spacial score (nSPS) is 14.8. The third kappa shape index (κ3) is 8.87. The number of ether oxygens (including phenoxy) is 2. The molecule has 2 N–H and O–H groups in total. The number of carbonyl (C=O) groups is 2. The Morgan fingerprint density at radius 3 is 2.40 bits per heavy atom. The summed E-state index contributed by atoms with van der Waals surface area (Å²) in [4.78, 5) is 26.0. The first-order valence-electron chi connectivity index (χ1n) is 12.3. The monoisotopic (exact) mass is 486 g/mol. The van der Waals surface area contributed by atoms with Gasteiger partial charge in [0, 0.05) is 25.3 Å². The van der Waals surface area contributed by atoms with E-state index in [0.29, 0.717) is 43.7 Å². The van der Waals surface area contributed by atoms with Crippen molar-refractivity contribution in [3.05, 3.63) is 59.9 Å². The van der Waals surface area contributed by atoms with Gasteiger partial charge in [-0.3, -0.25) is 0 Å². The molecule has 0 spiro atoms. The van der Waals surface area contributed by atoms with Crippen molar-refractivity contribution < 1.29 is 28.6 Å². The van der Waals surface area contributed by atoms with Crippen molar-refractivity contribution in [3.63, 3.8) is 0 Å². The number of urea groups is 1. The summed E-state index contributed by atoms with van der Waals surface area (Å²) in [6.07, 6.45) is 5.25. The number of hydrogen-bond acceptors (Lipinski definition) is 4. The Bertz CT molecular complexity index is 930. The van der Waals surface area contributed by atoms with Gasteiger partial charge in [0.2, 0.25) is 0 Å². The first kappa shape index (κ1) is 26.5. The average Bonchev–Trinajstić information content (AvgIpc) is 2.86. The molecule has 7 nitrogen and oxygen atoms in total. The molecule has 1 aliphatic carbocycles. The van der Waals surface area contributed by atoms with Gasteiger partial charge in [-0.2, -0.15) is 0 Å². The molecule has 2 aromatic carbocycles. The molecule has 1 atom stereocenters. The van der Waals surface area contributed by atoms with Crippen molar-refractivity contribution in [2.75, 3.05) is 31.6 Å². The van der Waals surface area contributed by atoms with Crippen molar-refractivity contribution in [3.8, 4) is 5.75 Å². The number of nitrogens with zero attached hydrogens (tertiary/aromatic N) is 1. The first-order valence-corrected chi connectivity index (χ1v) is 12.3. The van der Waals surface area contributed by atoms with Crippen LogP contribution in [0.4, 0.5) is 14.9 Å². The van der Waals surface area contributed by atoms with Crippen LogP contribution in [0, 0.1) is 11.7 Å². The average molecular weight is 487 g/mol. The van der Waals surface area contributed by atoms with Crippen LogP contribution in [0.2, 0.25) is 0 Å². The molecule has 2 aromatic rings. The summed E-state index contributed by atoms with van der Waals surface area (Å²) < 4.78 is 24.4. The zero-order valence-corrected chi connectivity index (χ0v) is 20.2. The lowest BCUT2D eigenvalue weighted by atomic mass is 9.89. The molecule has 0 heterocycles. The van der Waals surface area contributed by atoms with E-state index in [1.807, 2.05) is 12.1 Å². The molecule has 35 heavy (non-hydrogen) atoms. The predicted molar refractivity (Wildman–Crippen MR) is 132 cm³/mol. The van der Waals surface area contributed by atoms with Crippen LogP contribution in [0.5, 0.6) is 5.75 Å². The fraction of sp³-hybridized carbons (Fsp3) is 0.481. The third-order valence-corrected chi connectivity index (χ3v) is 6.20. The quantitative estimate of drug-likeness (QED) is 0.422. The van der Waals surface area contributed by atoms with Crippen LogP contribution in [0.15, 0.2) is 48.5 Å². The van der Waals surface area contributed by atoms with E-state index in [0.717, 1.165) is 18.4 Å². The van der Waals surface area contributed by atoms with E-state index < -0.39 is 12.1 Å². The van der Waals surface area contributed by atoms with Gasteiger partial charge in [0.05, 0.1) is 6.54 Å². The maximum Gasteiger partial charge on any atom is 0.333 e. The van der Waals surface area contributed by atoms with E-state index in [4.69, 9.17) is 9.47 Å². The number of rotatable bonds is 12. The van der Waals surface area contributed by atoms with Crippen molar-refractivity contribution in [1.82, 2.24) is 4.90 Å². The molecule has 190 valence electrons. The minimum absolute atomic E-state index is 0.225. The molecule has 1 fully saturated rings. The zero-order valence-electron chi connectivity index (χ0n) is 20.2. The molecular weight excluding hydrogens is 451 g/mol. The summed E-state index contributed by atoms with van der Waals surface area (Å²) in [5.74, 6) is -0.217. The fourth-order valence-electron chi connectivity index (χ4n) is 4.32. The molecule has 1 saturated carbocycles. The Hall–Kier alpha value is -3.13. The molecular formula is C27H35FN2O5. The summed E-state index contributed by atoms with van der Waals surface area (Å²) in [7, 11) is 0. The van der Waals surface area contributed by atoms with E-state index >= 15 is 0 Å². The van der Waals surface area contributed by atoms with Gasteiger partial charge in [0.15, 0.2) is 6.10 Å². The topological polar surface area (TPSA) is 88.1 Å². The predicted octanol–water partition coefficient (Wildman–Crippen LogP) is 5.35. The largest absolute Gasteiger partial charge is 0.492 e. The van der Waals surface area contributed by atoms with E-state index in [1.54, 1.807) is 36.1 Å². The molecule has 0 radical (unpaired) electrons. The van der Waals surface area contributed by atoms with Gasteiger partial charge in [-0.15, -0.1) is 0 Å². The Balaban J connectivity index is 1.55. The maximum absolute atomic E-state index is 13.2. The van der Waals surface area contributed by atoms with Crippen LogP contribution in [0.1, 0.15) is 44.6 Å². The number of carboxylic acids is 1. The van der Waals surface area contributed by atoms with Gasteiger partial charge in [0.1, 0.15) is 18.2 Å². The van der Waals surface area contributed by atoms with Gasteiger partial charge in [-0.05, 0) is 67.6 Å². The molecule has 0 bridgehead atoms. The maximum atomic E-state index is 13.2. The Kier molecular flexibility index (Phi) is 10.3. The second kappa shape index (κ2) is 13.7. The van der Waals surface area contributed by atoms with Gasteiger partial charge >= 0.3 is 12.0 Å². The molecule has 0 aromatic heterocycles. The van der Waals surface area contributed by atoms with Gasteiger partial charge in [-0.1, -0.05) is 31.4 Å². The third-order valence-electron chi connectivity index (χ3n) is 6.20. The second-order valence-corrected chi connectivity index (χ2v) is 8.87. The lowest BCUT2D eigenvalue weighted by Gasteiger charge is -2.30. The number of hydrogen-bond donors (Lipinski definition) is 2. The number of carboxylic acid groups (broad SMARTS) is 1. The molecule has 2 amide bonds. The smallest absolute Gasteiger partial charge is 0.333 e. The van der Waals surface area contributed by atoms with Crippen LogP contribution in [-0.2, 0) is 16.0 Å². The number of nitrogens with one attached hydrogen (secondary N) is 1. The highest BCUT2D eigenvalue weighted by molar-refractivity contribution is 5.89. The summed E-state index contributed by atoms with van der Waals surface area (Å²) in [6, 6.07) is 12.7. The summed E-state index contributed by atoms with van der Waals surface area (Å²) in [5.41, 5.74) is 1.39.